The van der Waals surface area contributed by atoms with Crippen LogP contribution in [-0.2, 0) is 20.8 Å². The van der Waals surface area contributed by atoms with E-state index in [1.54, 1.807) is 0 Å². The molecule has 3 N–H and O–H groups in total. The first-order chi connectivity index (χ1) is 9.90. The number of benzene rings is 1. The normalized spacial score (nSPS) is 13.1. The van der Waals surface area contributed by atoms with Crippen LogP contribution in [0.25, 0.3) is 0 Å². The van der Waals surface area contributed by atoms with Gasteiger partial charge in [-0.1, -0.05) is 6.07 Å². The molecule has 0 aliphatic carbocycles. The van der Waals surface area contributed by atoms with Crippen LogP contribution in [0.15, 0.2) is 18.2 Å². The molecular formula is C13H18ClF3N2O3S. The molecule has 0 bridgehead atoms. The van der Waals surface area contributed by atoms with Gasteiger partial charge in [0.1, 0.15) is 9.84 Å². The Morgan fingerprint density at radius 1 is 1.35 bits per heavy atom. The van der Waals surface area contributed by atoms with E-state index in [2.05, 4.69) is 5.32 Å². The lowest BCUT2D eigenvalue weighted by molar-refractivity contribution is -0.138. The Morgan fingerprint density at radius 3 is 2.39 bits per heavy atom. The maximum absolute atomic E-state index is 12.8. The summed E-state index contributed by atoms with van der Waals surface area (Å²) < 4.78 is 60.3. The maximum atomic E-state index is 12.8. The first-order valence-electron chi connectivity index (χ1n) is 6.32. The van der Waals surface area contributed by atoms with Crippen LogP contribution in [0.4, 0.5) is 18.9 Å². The molecule has 23 heavy (non-hydrogen) atoms. The molecule has 1 atom stereocenters. The zero-order chi connectivity index (χ0) is 17.1. The quantitative estimate of drug-likeness (QED) is 0.826. The van der Waals surface area contributed by atoms with Crippen LogP contribution in [0.2, 0.25) is 0 Å². The molecule has 0 saturated heterocycles. The average Bonchev–Trinajstić information content (AvgIpc) is 2.35. The summed E-state index contributed by atoms with van der Waals surface area (Å²) in [5.41, 5.74) is 4.67. The van der Waals surface area contributed by atoms with Crippen LogP contribution in [0.1, 0.15) is 17.5 Å². The summed E-state index contributed by atoms with van der Waals surface area (Å²) in [5, 5.41) is 2.26. The van der Waals surface area contributed by atoms with Crippen molar-refractivity contribution < 1.29 is 26.4 Å². The molecular weight excluding hydrogens is 357 g/mol. The zero-order valence-electron chi connectivity index (χ0n) is 12.5. The number of anilines is 1. The van der Waals surface area contributed by atoms with Crippen LogP contribution >= 0.6 is 12.4 Å². The molecule has 0 spiro atoms. The monoisotopic (exact) mass is 374 g/mol. The SMILES string of the molecule is Cc1ccc(NC(=O)C(N)CCS(C)(=O)=O)cc1C(F)(F)F.Cl. The van der Waals surface area contributed by atoms with Gasteiger partial charge in [-0.15, -0.1) is 12.4 Å². The minimum atomic E-state index is -4.52. The van der Waals surface area contributed by atoms with Crippen LogP contribution in [-0.4, -0.2) is 32.4 Å². The van der Waals surface area contributed by atoms with Gasteiger partial charge in [0.15, 0.2) is 0 Å². The molecule has 1 amide bonds. The number of rotatable bonds is 5. The molecule has 5 nitrogen and oxygen atoms in total. The Bertz CT molecular complexity index is 663. The minimum absolute atomic E-state index is 0. The molecule has 1 rings (SSSR count). The number of carbonyl (C=O) groups excluding carboxylic acids is 1. The van der Waals surface area contributed by atoms with Gasteiger partial charge in [-0.2, -0.15) is 13.2 Å². The molecule has 0 radical (unpaired) electrons. The highest BCUT2D eigenvalue weighted by Gasteiger charge is 2.32. The number of sulfone groups is 1. The van der Waals surface area contributed by atoms with Crippen molar-refractivity contribution in [2.75, 3.05) is 17.3 Å². The number of carbonyl (C=O) groups is 1. The minimum Gasteiger partial charge on any atom is -0.325 e. The van der Waals surface area contributed by atoms with E-state index in [1.807, 2.05) is 0 Å². The van der Waals surface area contributed by atoms with E-state index >= 15 is 0 Å². The predicted molar refractivity (Wildman–Crippen MR) is 84.4 cm³/mol. The fraction of sp³-hybridized carbons (Fsp3) is 0.462. The molecule has 10 heteroatoms. The lowest BCUT2D eigenvalue weighted by atomic mass is 10.1. The molecule has 0 aliphatic heterocycles. The third-order valence-corrected chi connectivity index (χ3v) is 3.92. The molecule has 1 aromatic rings. The summed E-state index contributed by atoms with van der Waals surface area (Å²) in [4.78, 5) is 11.8. The Kier molecular flexibility index (Phi) is 7.52. The second kappa shape index (κ2) is 7.98. The average molecular weight is 375 g/mol. The molecule has 1 unspecified atom stereocenters. The van der Waals surface area contributed by atoms with Gasteiger partial charge in [0, 0.05) is 11.9 Å². The molecule has 0 fully saturated rings. The van der Waals surface area contributed by atoms with E-state index in [9.17, 15) is 26.4 Å². The van der Waals surface area contributed by atoms with Crippen molar-refractivity contribution in [1.29, 1.82) is 0 Å². The molecule has 0 aliphatic rings. The van der Waals surface area contributed by atoms with Crippen molar-refractivity contribution in [2.24, 2.45) is 5.73 Å². The van der Waals surface area contributed by atoms with Gasteiger partial charge in [0.25, 0.3) is 0 Å². The number of alkyl halides is 3. The van der Waals surface area contributed by atoms with Gasteiger partial charge in [0.2, 0.25) is 5.91 Å². The number of nitrogens with one attached hydrogen (secondary N) is 1. The standard InChI is InChI=1S/C13H17F3N2O3S.ClH/c1-8-3-4-9(7-10(8)13(14,15)16)18-12(19)11(17)5-6-22(2,20)21;/h3-4,7,11H,5-6,17H2,1-2H3,(H,18,19);1H. The topological polar surface area (TPSA) is 89.3 Å². The summed E-state index contributed by atoms with van der Waals surface area (Å²) in [6.07, 6.45) is -3.63. The summed E-state index contributed by atoms with van der Waals surface area (Å²) in [7, 11) is -3.27. The smallest absolute Gasteiger partial charge is 0.325 e. The van der Waals surface area contributed by atoms with Crippen LogP contribution in [0, 0.1) is 6.92 Å². The summed E-state index contributed by atoms with van der Waals surface area (Å²) in [5.74, 6) is -1.01. The number of amides is 1. The highest BCUT2D eigenvalue weighted by Crippen LogP contribution is 2.33. The number of nitrogens with two attached hydrogens (primary N) is 1. The van der Waals surface area contributed by atoms with E-state index < -0.39 is 33.5 Å². The highest BCUT2D eigenvalue weighted by molar-refractivity contribution is 7.90. The lowest BCUT2D eigenvalue weighted by Gasteiger charge is -2.15. The van der Waals surface area contributed by atoms with Gasteiger partial charge in [0.05, 0.1) is 17.4 Å². The molecule has 0 heterocycles. The summed E-state index contributed by atoms with van der Waals surface area (Å²) in [6, 6.07) is 2.26. The third-order valence-electron chi connectivity index (χ3n) is 2.95. The van der Waals surface area contributed by atoms with Crippen LogP contribution < -0.4 is 11.1 Å². The molecule has 1 aromatic carbocycles. The van der Waals surface area contributed by atoms with Gasteiger partial charge < -0.3 is 11.1 Å². The second-order valence-electron chi connectivity index (χ2n) is 5.04. The Morgan fingerprint density at radius 2 is 1.91 bits per heavy atom. The summed E-state index contributed by atoms with van der Waals surface area (Å²) in [6.45, 7) is 1.31. The summed E-state index contributed by atoms with van der Waals surface area (Å²) >= 11 is 0. The number of aryl methyl sites for hydroxylation is 1. The van der Waals surface area contributed by atoms with Crippen LogP contribution in [0.3, 0.4) is 0 Å². The molecule has 0 saturated carbocycles. The van der Waals surface area contributed by atoms with Crippen molar-refractivity contribution in [1.82, 2.24) is 0 Å². The number of hydrogen-bond acceptors (Lipinski definition) is 4. The Balaban J connectivity index is 0.00000484. The van der Waals surface area contributed by atoms with Crippen molar-refractivity contribution in [3.8, 4) is 0 Å². The number of hydrogen-bond donors (Lipinski definition) is 2. The van der Waals surface area contributed by atoms with Crippen LogP contribution in [0.5, 0.6) is 0 Å². The van der Waals surface area contributed by atoms with Crippen molar-refractivity contribution >= 4 is 33.8 Å². The third kappa shape index (κ3) is 7.19. The molecule has 0 aromatic heterocycles. The van der Waals surface area contributed by atoms with Gasteiger partial charge >= 0.3 is 6.18 Å². The van der Waals surface area contributed by atoms with Crippen molar-refractivity contribution in [2.45, 2.75) is 25.6 Å². The second-order valence-corrected chi connectivity index (χ2v) is 7.30. The van der Waals surface area contributed by atoms with E-state index in [1.165, 1.54) is 19.1 Å². The van der Waals surface area contributed by atoms with Gasteiger partial charge in [-0.25, -0.2) is 8.42 Å². The maximum Gasteiger partial charge on any atom is 0.416 e. The Labute approximate surface area is 138 Å². The van der Waals surface area contributed by atoms with E-state index in [0.717, 1.165) is 12.3 Å². The van der Waals surface area contributed by atoms with Gasteiger partial charge in [-0.05, 0) is 31.0 Å². The van der Waals surface area contributed by atoms with Gasteiger partial charge in [-0.3, -0.25) is 4.79 Å². The fourth-order valence-electron chi connectivity index (χ4n) is 1.71. The first kappa shape index (κ1) is 21.7. The fourth-order valence-corrected chi connectivity index (χ4v) is 2.39. The zero-order valence-corrected chi connectivity index (χ0v) is 14.1. The number of halogens is 4. The highest BCUT2D eigenvalue weighted by atomic mass is 35.5. The van der Waals surface area contributed by atoms with E-state index in [0.29, 0.717) is 0 Å². The van der Waals surface area contributed by atoms with E-state index in [4.69, 9.17) is 5.73 Å². The van der Waals surface area contributed by atoms with Crippen molar-refractivity contribution in [3.05, 3.63) is 29.3 Å². The Hall–Kier alpha value is -1.32. The lowest BCUT2D eigenvalue weighted by Crippen LogP contribution is -2.37. The predicted octanol–water partition coefficient (Wildman–Crippen LogP) is 2.14. The first-order valence-corrected chi connectivity index (χ1v) is 8.38. The van der Waals surface area contributed by atoms with Crippen molar-refractivity contribution in [3.63, 3.8) is 0 Å². The molecule has 132 valence electrons. The van der Waals surface area contributed by atoms with E-state index in [-0.39, 0.29) is 35.8 Å². The largest absolute Gasteiger partial charge is 0.416 e.